The maximum atomic E-state index is 5.54. The molecule has 0 saturated carbocycles. The molecule has 0 aliphatic rings. The molecule has 5 nitrogen and oxygen atoms in total. The molecule has 1 atom stereocenters. The van der Waals surface area contributed by atoms with Crippen LogP contribution in [-0.4, -0.2) is 30.3 Å². The number of hydrogen-bond donors (Lipinski definition) is 1. The summed E-state index contributed by atoms with van der Waals surface area (Å²) in [5, 5.41) is 11.0. The molecule has 1 unspecified atom stereocenters. The minimum atomic E-state index is 0.173. The molecule has 0 spiro atoms. The number of hydrogen-bond acceptors (Lipinski definition) is 5. The van der Waals surface area contributed by atoms with Gasteiger partial charge in [-0.2, -0.15) is 0 Å². The van der Waals surface area contributed by atoms with Crippen molar-refractivity contribution in [3.05, 3.63) is 5.89 Å². The lowest BCUT2D eigenvalue weighted by atomic mass is 9.87. The van der Waals surface area contributed by atoms with E-state index in [4.69, 9.17) is 4.42 Å². The predicted molar refractivity (Wildman–Crippen MR) is 64.4 cm³/mol. The van der Waals surface area contributed by atoms with Crippen molar-refractivity contribution >= 4 is 6.01 Å². The zero-order valence-electron chi connectivity index (χ0n) is 11.0. The van der Waals surface area contributed by atoms with Crippen molar-refractivity contribution in [3.8, 4) is 0 Å². The molecule has 0 fully saturated rings. The Morgan fingerprint density at radius 1 is 1.38 bits per heavy atom. The molecule has 1 aromatic heterocycles. The van der Waals surface area contributed by atoms with E-state index in [-0.39, 0.29) is 5.41 Å². The monoisotopic (exact) mass is 226 g/mol. The van der Waals surface area contributed by atoms with E-state index >= 15 is 0 Å². The standard InChI is InChI=1S/C11H22N4O/c1-8(11(2,3)4)15(6)10-14-13-9(16-10)7-12-5/h8,12H,7H2,1-6H3. The van der Waals surface area contributed by atoms with E-state index in [1.807, 2.05) is 19.0 Å². The third-order valence-electron chi connectivity index (χ3n) is 2.92. The molecular formula is C11H22N4O. The van der Waals surface area contributed by atoms with E-state index in [0.29, 0.717) is 24.5 Å². The van der Waals surface area contributed by atoms with Crippen molar-refractivity contribution in [1.29, 1.82) is 0 Å². The van der Waals surface area contributed by atoms with Crippen LogP contribution < -0.4 is 10.2 Å². The molecule has 0 bridgehead atoms. The maximum absolute atomic E-state index is 5.54. The quantitative estimate of drug-likeness (QED) is 0.846. The van der Waals surface area contributed by atoms with Crippen LogP contribution in [0.2, 0.25) is 0 Å². The smallest absolute Gasteiger partial charge is 0.318 e. The molecule has 16 heavy (non-hydrogen) atoms. The summed E-state index contributed by atoms with van der Waals surface area (Å²) >= 11 is 0. The molecule has 1 N–H and O–H groups in total. The van der Waals surface area contributed by atoms with E-state index in [1.54, 1.807) is 0 Å². The minimum Gasteiger partial charge on any atom is -0.407 e. The largest absolute Gasteiger partial charge is 0.407 e. The van der Waals surface area contributed by atoms with E-state index in [2.05, 4.69) is 43.2 Å². The Labute approximate surface area is 97.2 Å². The lowest BCUT2D eigenvalue weighted by Crippen LogP contribution is -2.39. The van der Waals surface area contributed by atoms with Crippen LogP contribution in [0.3, 0.4) is 0 Å². The fourth-order valence-corrected chi connectivity index (χ4v) is 1.36. The fraction of sp³-hybridized carbons (Fsp3) is 0.818. The highest BCUT2D eigenvalue weighted by Gasteiger charge is 2.26. The Morgan fingerprint density at radius 3 is 2.50 bits per heavy atom. The molecule has 5 heteroatoms. The van der Waals surface area contributed by atoms with Crippen LogP contribution in [0.5, 0.6) is 0 Å². The van der Waals surface area contributed by atoms with Crippen molar-refractivity contribution in [2.75, 3.05) is 19.0 Å². The summed E-state index contributed by atoms with van der Waals surface area (Å²) < 4.78 is 5.54. The highest BCUT2D eigenvalue weighted by Crippen LogP contribution is 2.26. The second-order valence-electron chi connectivity index (χ2n) is 5.16. The summed E-state index contributed by atoms with van der Waals surface area (Å²) in [4.78, 5) is 2.02. The highest BCUT2D eigenvalue weighted by atomic mass is 16.4. The molecule has 0 aliphatic carbocycles. The second kappa shape index (κ2) is 4.82. The van der Waals surface area contributed by atoms with E-state index in [9.17, 15) is 0 Å². The van der Waals surface area contributed by atoms with Crippen LogP contribution in [-0.2, 0) is 6.54 Å². The van der Waals surface area contributed by atoms with Gasteiger partial charge in [0.1, 0.15) is 0 Å². The molecule has 1 aromatic rings. The Bertz CT molecular complexity index is 329. The van der Waals surface area contributed by atoms with Crippen molar-refractivity contribution < 1.29 is 4.42 Å². The lowest BCUT2D eigenvalue weighted by Gasteiger charge is -2.34. The Hall–Kier alpha value is -1.10. The van der Waals surface area contributed by atoms with Gasteiger partial charge in [0, 0.05) is 13.1 Å². The van der Waals surface area contributed by atoms with Gasteiger partial charge in [-0.25, -0.2) is 0 Å². The first-order valence-electron chi connectivity index (χ1n) is 5.56. The molecule has 1 heterocycles. The van der Waals surface area contributed by atoms with Gasteiger partial charge >= 0.3 is 6.01 Å². The topological polar surface area (TPSA) is 54.2 Å². The highest BCUT2D eigenvalue weighted by molar-refractivity contribution is 5.25. The molecule has 0 amide bonds. The van der Waals surface area contributed by atoms with Gasteiger partial charge < -0.3 is 14.6 Å². The Balaban J connectivity index is 2.76. The number of nitrogens with zero attached hydrogens (tertiary/aromatic N) is 3. The lowest BCUT2D eigenvalue weighted by molar-refractivity contribution is 0.316. The van der Waals surface area contributed by atoms with Gasteiger partial charge in [-0.15, -0.1) is 5.10 Å². The zero-order valence-corrected chi connectivity index (χ0v) is 11.0. The predicted octanol–water partition coefficient (Wildman–Crippen LogP) is 1.66. The van der Waals surface area contributed by atoms with Crippen molar-refractivity contribution in [3.63, 3.8) is 0 Å². The molecule has 0 radical (unpaired) electrons. The molecule has 0 aromatic carbocycles. The van der Waals surface area contributed by atoms with Crippen molar-refractivity contribution in [2.45, 2.75) is 40.3 Å². The minimum absolute atomic E-state index is 0.173. The van der Waals surface area contributed by atoms with Gasteiger partial charge in [-0.3, -0.25) is 0 Å². The summed E-state index contributed by atoms with van der Waals surface area (Å²) in [5.74, 6) is 0.616. The van der Waals surface area contributed by atoms with Crippen LogP contribution in [0, 0.1) is 5.41 Å². The van der Waals surface area contributed by atoms with Gasteiger partial charge in [0.2, 0.25) is 5.89 Å². The molecule has 0 aliphatic heterocycles. The number of aromatic nitrogens is 2. The van der Waals surface area contributed by atoms with E-state index in [0.717, 1.165) is 0 Å². The van der Waals surface area contributed by atoms with Gasteiger partial charge in [0.15, 0.2) is 0 Å². The van der Waals surface area contributed by atoms with E-state index < -0.39 is 0 Å². The summed E-state index contributed by atoms with van der Waals surface area (Å²) in [7, 11) is 3.83. The zero-order chi connectivity index (χ0) is 12.3. The molecule has 1 rings (SSSR count). The van der Waals surface area contributed by atoms with Gasteiger partial charge in [0.25, 0.3) is 0 Å². The summed E-state index contributed by atoms with van der Waals surface area (Å²) in [6.07, 6.45) is 0. The van der Waals surface area contributed by atoms with Crippen molar-refractivity contribution in [1.82, 2.24) is 15.5 Å². The van der Waals surface area contributed by atoms with Crippen LogP contribution >= 0.6 is 0 Å². The number of nitrogens with one attached hydrogen (secondary N) is 1. The van der Waals surface area contributed by atoms with Crippen LogP contribution in [0.4, 0.5) is 6.01 Å². The number of rotatable bonds is 4. The average molecular weight is 226 g/mol. The van der Waals surface area contributed by atoms with Crippen LogP contribution in [0.25, 0.3) is 0 Å². The number of anilines is 1. The summed E-state index contributed by atoms with van der Waals surface area (Å²) in [6.45, 7) is 9.34. The van der Waals surface area contributed by atoms with Crippen LogP contribution in [0.15, 0.2) is 4.42 Å². The fourth-order valence-electron chi connectivity index (χ4n) is 1.36. The van der Waals surface area contributed by atoms with Gasteiger partial charge in [-0.05, 0) is 19.4 Å². The molecular weight excluding hydrogens is 204 g/mol. The van der Waals surface area contributed by atoms with Crippen molar-refractivity contribution in [2.24, 2.45) is 5.41 Å². The first-order valence-corrected chi connectivity index (χ1v) is 5.56. The summed E-state index contributed by atoms with van der Waals surface area (Å²) in [6, 6.07) is 0.906. The normalized spacial score (nSPS) is 13.9. The third-order valence-corrected chi connectivity index (χ3v) is 2.92. The molecule has 92 valence electrons. The van der Waals surface area contributed by atoms with Gasteiger partial charge in [0.05, 0.1) is 6.54 Å². The maximum Gasteiger partial charge on any atom is 0.318 e. The second-order valence-corrected chi connectivity index (χ2v) is 5.16. The molecule has 0 saturated heterocycles. The third kappa shape index (κ3) is 2.95. The summed E-state index contributed by atoms with van der Waals surface area (Å²) in [5.41, 5.74) is 0.173. The van der Waals surface area contributed by atoms with E-state index in [1.165, 1.54) is 0 Å². The Morgan fingerprint density at radius 2 is 2.00 bits per heavy atom. The van der Waals surface area contributed by atoms with Gasteiger partial charge in [-0.1, -0.05) is 25.9 Å². The SMILES string of the molecule is CNCc1nnc(N(C)C(C)C(C)(C)C)o1. The van der Waals surface area contributed by atoms with Crippen LogP contribution in [0.1, 0.15) is 33.6 Å². The first kappa shape index (κ1) is 13.0. The first-order chi connectivity index (χ1) is 7.36. The average Bonchev–Trinajstić information content (AvgIpc) is 2.63. The Kier molecular flexibility index (Phi) is 3.91.